The lowest BCUT2D eigenvalue weighted by molar-refractivity contribution is 0.568. The molecule has 0 radical (unpaired) electrons. The number of aromatic nitrogens is 1. The van der Waals surface area contributed by atoms with Gasteiger partial charge in [0.2, 0.25) is 10.0 Å². The smallest absolute Gasteiger partial charge is 0.212 e. The van der Waals surface area contributed by atoms with Crippen LogP contribution in [0.5, 0.6) is 0 Å². The van der Waals surface area contributed by atoms with E-state index in [-0.39, 0.29) is 12.3 Å². The second-order valence-electron chi connectivity index (χ2n) is 5.44. The lowest BCUT2D eigenvalue weighted by Gasteiger charge is -2.07. The molecule has 0 bridgehead atoms. The van der Waals surface area contributed by atoms with Crippen LogP contribution in [0.2, 0.25) is 0 Å². The van der Waals surface area contributed by atoms with Gasteiger partial charge in [-0.2, -0.15) is 0 Å². The van der Waals surface area contributed by atoms with Gasteiger partial charge in [0.1, 0.15) is 0 Å². The Morgan fingerprint density at radius 1 is 1.00 bits per heavy atom. The van der Waals surface area contributed by atoms with Gasteiger partial charge in [0.05, 0.1) is 24.0 Å². The van der Waals surface area contributed by atoms with Gasteiger partial charge in [0, 0.05) is 18.3 Å². The van der Waals surface area contributed by atoms with Crippen LogP contribution in [0.15, 0.2) is 71.7 Å². The van der Waals surface area contributed by atoms with Crippen LogP contribution in [0.4, 0.5) is 0 Å². The Bertz CT molecular complexity index is 858. The van der Waals surface area contributed by atoms with E-state index in [1.165, 1.54) is 0 Å². The van der Waals surface area contributed by atoms with Crippen LogP contribution in [0.1, 0.15) is 11.1 Å². The van der Waals surface area contributed by atoms with Crippen molar-refractivity contribution in [2.45, 2.75) is 13.0 Å². The SMILES string of the molecule is O=S(=O)(CCc1ccccc1)NCc1ccc(-c2ccoc2)nc1. The van der Waals surface area contributed by atoms with Gasteiger partial charge in [-0.1, -0.05) is 36.4 Å². The third-order valence-electron chi connectivity index (χ3n) is 3.64. The molecule has 0 unspecified atom stereocenters. The maximum atomic E-state index is 12.1. The zero-order valence-corrected chi connectivity index (χ0v) is 13.9. The fourth-order valence-electron chi connectivity index (χ4n) is 2.27. The molecule has 1 aromatic carbocycles. The summed E-state index contributed by atoms with van der Waals surface area (Å²) >= 11 is 0. The predicted molar refractivity (Wildman–Crippen MR) is 92.7 cm³/mol. The zero-order valence-electron chi connectivity index (χ0n) is 13.1. The number of hydrogen-bond acceptors (Lipinski definition) is 4. The van der Waals surface area contributed by atoms with Gasteiger partial charge < -0.3 is 4.42 Å². The summed E-state index contributed by atoms with van der Waals surface area (Å²) < 4.78 is 31.8. The maximum absolute atomic E-state index is 12.1. The van der Waals surface area contributed by atoms with Gasteiger partial charge in [-0.25, -0.2) is 13.1 Å². The van der Waals surface area contributed by atoms with Crippen LogP contribution < -0.4 is 4.72 Å². The highest BCUT2D eigenvalue weighted by atomic mass is 32.2. The van der Waals surface area contributed by atoms with Crippen molar-refractivity contribution in [2.24, 2.45) is 0 Å². The second-order valence-corrected chi connectivity index (χ2v) is 7.37. The van der Waals surface area contributed by atoms with Crippen molar-refractivity contribution in [3.63, 3.8) is 0 Å². The summed E-state index contributed by atoms with van der Waals surface area (Å²) in [5.74, 6) is 0.0670. The third kappa shape index (κ3) is 4.53. The Morgan fingerprint density at radius 2 is 1.83 bits per heavy atom. The molecule has 0 amide bonds. The standard InChI is InChI=1S/C18H18N2O3S/c21-24(22,11-9-15-4-2-1-3-5-15)20-13-16-6-7-18(19-12-16)17-8-10-23-14-17/h1-8,10,12,14,20H,9,11,13H2. The highest BCUT2D eigenvalue weighted by Crippen LogP contribution is 2.17. The Morgan fingerprint density at radius 3 is 2.50 bits per heavy atom. The first-order valence-corrected chi connectivity index (χ1v) is 9.26. The normalized spacial score (nSPS) is 11.5. The van der Waals surface area contributed by atoms with Crippen molar-refractivity contribution in [1.29, 1.82) is 0 Å². The Labute approximate surface area is 141 Å². The van der Waals surface area contributed by atoms with Crippen LogP contribution in [-0.2, 0) is 23.0 Å². The minimum atomic E-state index is -3.32. The lowest BCUT2D eigenvalue weighted by Crippen LogP contribution is -2.26. The monoisotopic (exact) mass is 342 g/mol. The van der Waals surface area contributed by atoms with Gasteiger partial charge in [-0.15, -0.1) is 0 Å². The molecule has 0 aliphatic heterocycles. The summed E-state index contributed by atoms with van der Waals surface area (Å²) in [4.78, 5) is 4.32. The predicted octanol–water partition coefficient (Wildman–Crippen LogP) is 3.00. The molecule has 0 aliphatic rings. The van der Waals surface area contributed by atoms with Gasteiger partial charge in [0.25, 0.3) is 0 Å². The molecule has 0 aliphatic carbocycles. The quantitative estimate of drug-likeness (QED) is 0.716. The van der Waals surface area contributed by atoms with E-state index in [2.05, 4.69) is 9.71 Å². The summed E-state index contributed by atoms with van der Waals surface area (Å²) in [6.45, 7) is 0.232. The molecule has 2 heterocycles. The third-order valence-corrected chi connectivity index (χ3v) is 4.97. The first kappa shape index (κ1) is 16.4. The molecular formula is C18H18N2O3S. The van der Waals surface area contributed by atoms with Crippen LogP contribution >= 0.6 is 0 Å². The van der Waals surface area contributed by atoms with E-state index in [9.17, 15) is 8.42 Å². The van der Waals surface area contributed by atoms with Crippen molar-refractivity contribution >= 4 is 10.0 Å². The number of benzene rings is 1. The maximum Gasteiger partial charge on any atom is 0.212 e. The first-order chi connectivity index (χ1) is 11.6. The van der Waals surface area contributed by atoms with Crippen molar-refractivity contribution in [3.05, 3.63) is 78.4 Å². The molecule has 3 aromatic rings. The molecule has 124 valence electrons. The van der Waals surface area contributed by atoms with Crippen LogP contribution in [0.3, 0.4) is 0 Å². The van der Waals surface area contributed by atoms with Crippen LogP contribution in [-0.4, -0.2) is 19.2 Å². The molecule has 5 nitrogen and oxygen atoms in total. The number of aryl methyl sites for hydroxylation is 1. The van der Waals surface area contributed by atoms with Crippen molar-refractivity contribution < 1.29 is 12.8 Å². The molecule has 0 saturated heterocycles. The molecule has 0 spiro atoms. The molecule has 0 saturated carbocycles. The molecule has 3 rings (SSSR count). The number of sulfonamides is 1. The lowest BCUT2D eigenvalue weighted by atomic mass is 10.2. The summed E-state index contributed by atoms with van der Waals surface area (Å²) in [5, 5.41) is 0. The largest absolute Gasteiger partial charge is 0.472 e. The summed E-state index contributed by atoms with van der Waals surface area (Å²) in [6.07, 6.45) is 5.37. The van der Waals surface area contributed by atoms with Gasteiger partial charge in [-0.3, -0.25) is 4.98 Å². The molecule has 0 atom stereocenters. The summed E-state index contributed by atoms with van der Waals surface area (Å²) in [5.41, 5.74) is 3.50. The number of furan rings is 1. The second kappa shape index (κ2) is 7.42. The summed E-state index contributed by atoms with van der Waals surface area (Å²) in [6, 6.07) is 15.1. The molecule has 0 fully saturated rings. The topological polar surface area (TPSA) is 72.2 Å². The summed E-state index contributed by atoms with van der Waals surface area (Å²) in [7, 11) is -3.32. The average molecular weight is 342 g/mol. The molecule has 24 heavy (non-hydrogen) atoms. The van der Waals surface area contributed by atoms with Crippen molar-refractivity contribution in [2.75, 3.05) is 5.75 Å². The van der Waals surface area contributed by atoms with E-state index in [1.54, 1.807) is 18.7 Å². The van der Waals surface area contributed by atoms with E-state index in [1.807, 2.05) is 48.5 Å². The number of hydrogen-bond donors (Lipinski definition) is 1. The fraction of sp³-hybridized carbons (Fsp3) is 0.167. The Balaban J connectivity index is 1.54. The van der Waals surface area contributed by atoms with Crippen LogP contribution in [0, 0.1) is 0 Å². The number of nitrogens with zero attached hydrogens (tertiary/aromatic N) is 1. The van der Waals surface area contributed by atoms with Crippen LogP contribution in [0.25, 0.3) is 11.3 Å². The van der Waals surface area contributed by atoms with E-state index < -0.39 is 10.0 Å². The van der Waals surface area contributed by atoms with E-state index in [0.29, 0.717) is 6.42 Å². The number of rotatable bonds is 7. The van der Waals surface area contributed by atoms with Crippen molar-refractivity contribution in [3.8, 4) is 11.3 Å². The van der Waals surface area contributed by atoms with Crippen molar-refractivity contribution in [1.82, 2.24) is 9.71 Å². The van der Waals surface area contributed by atoms with E-state index >= 15 is 0 Å². The van der Waals surface area contributed by atoms with Gasteiger partial charge >= 0.3 is 0 Å². The number of pyridine rings is 1. The highest BCUT2D eigenvalue weighted by Gasteiger charge is 2.10. The van der Waals surface area contributed by atoms with E-state index in [0.717, 1.165) is 22.4 Å². The first-order valence-electron chi connectivity index (χ1n) is 7.61. The number of nitrogens with one attached hydrogen (secondary N) is 1. The fourth-order valence-corrected chi connectivity index (χ4v) is 3.31. The minimum absolute atomic E-state index is 0.0670. The average Bonchev–Trinajstić information content (AvgIpc) is 3.15. The molecule has 6 heteroatoms. The molecule has 1 N–H and O–H groups in total. The van der Waals surface area contributed by atoms with Gasteiger partial charge in [0.15, 0.2) is 0 Å². The Hall–Kier alpha value is -2.44. The molecule has 2 aromatic heterocycles. The zero-order chi connectivity index (χ0) is 16.8. The highest BCUT2D eigenvalue weighted by molar-refractivity contribution is 7.89. The minimum Gasteiger partial charge on any atom is -0.472 e. The molecular weight excluding hydrogens is 324 g/mol. The van der Waals surface area contributed by atoms with Gasteiger partial charge in [-0.05, 0) is 29.7 Å². The van der Waals surface area contributed by atoms with E-state index in [4.69, 9.17) is 4.42 Å². The Kier molecular flexibility index (Phi) is 5.08.